The molecule has 2 fully saturated rings. The van der Waals surface area contributed by atoms with Crippen molar-refractivity contribution < 1.29 is 22.7 Å². The standard InChI is InChI=1S/C14H20N4O5S/c1-16-10(3-4-15-16)14(20)18-6-5-17(13(19)7-23-2)11-8-24(21,22)9-12(11)18/h3-4,11-12H,5-9H2,1-2H3/t11-,12+/m1/s1. The quantitative estimate of drug-likeness (QED) is 0.654. The maximum Gasteiger partial charge on any atom is 0.272 e. The topological polar surface area (TPSA) is 102 Å². The van der Waals surface area contributed by atoms with Crippen molar-refractivity contribution >= 4 is 21.7 Å². The number of piperazine rings is 1. The summed E-state index contributed by atoms with van der Waals surface area (Å²) in [5.74, 6) is -0.765. The second kappa shape index (κ2) is 6.17. The molecule has 0 N–H and O–H groups in total. The Morgan fingerprint density at radius 3 is 2.46 bits per heavy atom. The first-order chi connectivity index (χ1) is 11.3. The Hall–Kier alpha value is -1.94. The molecular formula is C14H20N4O5S. The average molecular weight is 356 g/mol. The van der Waals surface area contributed by atoms with E-state index in [-0.39, 0.29) is 36.5 Å². The van der Waals surface area contributed by atoms with Crippen molar-refractivity contribution in [3.63, 3.8) is 0 Å². The number of hydrogen-bond acceptors (Lipinski definition) is 6. The van der Waals surface area contributed by atoms with E-state index >= 15 is 0 Å². The molecule has 132 valence electrons. The van der Waals surface area contributed by atoms with Crippen LogP contribution in [0.5, 0.6) is 0 Å². The van der Waals surface area contributed by atoms with Crippen LogP contribution in [0.2, 0.25) is 0 Å². The molecule has 2 atom stereocenters. The number of aryl methyl sites for hydroxylation is 1. The molecule has 0 aliphatic carbocycles. The lowest BCUT2D eigenvalue weighted by Gasteiger charge is -2.43. The van der Waals surface area contributed by atoms with E-state index in [1.54, 1.807) is 18.0 Å². The first-order valence-electron chi connectivity index (χ1n) is 7.62. The fraction of sp³-hybridized carbons (Fsp3) is 0.643. The van der Waals surface area contributed by atoms with Crippen LogP contribution in [0, 0.1) is 0 Å². The van der Waals surface area contributed by atoms with E-state index in [0.29, 0.717) is 12.2 Å². The van der Waals surface area contributed by atoms with Gasteiger partial charge < -0.3 is 14.5 Å². The van der Waals surface area contributed by atoms with Crippen LogP contribution in [0.15, 0.2) is 12.3 Å². The fourth-order valence-electron chi connectivity index (χ4n) is 3.45. The summed E-state index contributed by atoms with van der Waals surface area (Å²) < 4.78 is 30.6. The highest BCUT2D eigenvalue weighted by Crippen LogP contribution is 2.28. The van der Waals surface area contributed by atoms with E-state index in [2.05, 4.69) is 5.10 Å². The first-order valence-corrected chi connectivity index (χ1v) is 9.44. The predicted molar refractivity (Wildman–Crippen MR) is 84.1 cm³/mol. The molecular weight excluding hydrogens is 336 g/mol. The van der Waals surface area contributed by atoms with Gasteiger partial charge in [-0.2, -0.15) is 5.10 Å². The van der Waals surface area contributed by atoms with Gasteiger partial charge in [-0.05, 0) is 6.07 Å². The molecule has 0 aromatic carbocycles. The van der Waals surface area contributed by atoms with Crippen LogP contribution >= 0.6 is 0 Å². The molecule has 24 heavy (non-hydrogen) atoms. The van der Waals surface area contributed by atoms with Gasteiger partial charge in [-0.3, -0.25) is 14.3 Å². The van der Waals surface area contributed by atoms with Crippen LogP contribution in [-0.4, -0.2) is 90.2 Å². The number of carbonyl (C=O) groups is 2. The van der Waals surface area contributed by atoms with E-state index in [1.165, 1.54) is 22.9 Å². The van der Waals surface area contributed by atoms with Gasteiger partial charge in [-0.25, -0.2) is 8.42 Å². The van der Waals surface area contributed by atoms with Gasteiger partial charge in [-0.15, -0.1) is 0 Å². The second-order valence-corrected chi connectivity index (χ2v) is 8.22. The Bertz CT molecular complexity index is 759. The Morgan fingerprint density at radius 1 is 1.25 bits per heavy atom. The molecule has 0 bridgehead atoms. The summed E-state index contributed by atoms with van der Waals surface area (Å²) >= 11 is 0. The highest BCUT2D eigenvalue weighted by atomic mass is 32.2. The Morgan fingerprint density at radius 2 is 1.88 bits per heavy atom. The number of ether oxygens (including phenoxy) is 1. The van der Waals surface area contributed by atoms with Gasteiger partial charge in [0.15, 0.2) is 9.84 Å². The largest absolute Gasteiger partial charge is 0.375 e. The van der Waals surface area contributed by atoms with Crippen LogP contribution in [-0.2, 0) is 26.4 Å². The lowest BCUT2D eigenvalue weighted by molar-refractivity contribution is -0.140. The minimum absolute atomic E-state index is 0.0983. The van der Waals surface area contributed by atoms with Crippen molar-refractivity contribution in [1.82, 2.24) is 19.6 Å². The zero-order valence-electron chi connectivity index (χ0n) is 13.6. The molecule has 0 saturated carbocycles. The van der Waals surface area contributed by atoms with Crippen molar-refractivity contribution in [3.8, 4) is 0 Å². The summed E-state index contributed by atoms with van der Waals surface area (Å²) in [5, 5.41) is 3.98. The van der Waals surface area contributed by atoms with Gasteiger partial charge in [0.05, 0.1) is 23.6 Å². The minimum Gasteiger partial charge on any atom is -0.375 e. The normalized spacial score (nSPS) is 25.6. The van der Waals surface area contributed by atoms with Crippen molar-refractivity contribution in [3.05, 3.63) is 18.0 Å². The highest BCUT2D eigenvalue weighted by Gasteiger charge is 2.49. The van der Waals surface area contributed by atoms with Crippen LogP contribution in [0.1, 0.15) is 10.5 Å². The summed E-state index contributed by atoms with van der Waals surface area (Å²) in [6, 6.07) is 0.541. The summed E-state index contributed by atoms with van der Waals surface area (Å²) in [4.78, 5) is 28.1. The van der Waals surface area contributed by atoms with Crippen LogP contribution in [0.25, 0.3) is 0 Å². The summed E-state index contributed by atoms with van der Waals surface area (Å²) in [6.45, 7) is 0.484. The number of amides is 2. The monoisotopic (exact) mass is 356 g/mol. The van der Waals surface area contributed by atoms with Crippen LogP contribution in [0.3, 0.4) is 0 Å². The van der Waals surface area contributed by atoms with Crippen molar-refractivity contribution in [2.45, 2.75) is 12.1 Å². The maximum atomic E-state index is 12.8. The molecule has 3 rings (SSSR count). The number of nitrogens with zero attached hydrogens (tertiary/aromatic N) is 4. The number of rotatable bonds is 3. The number of sulfone groups is 1. The molecule has 2 aliphatic rings. The van der Waals surface area contributed by atoms with E-state index < -0.39 is 21.9 Å². The summed E-state index contributed by atoms with van der Waals surface area (Å²) in [6.07, 6.45) is 1.52. The Balaban J connectivity index is 1.88. The lowest BCUT2D eigenvalue weighted by atomic mass is 10.0. The molecule has 0 spiro atoms. The van der Waals surface area contributed by atoms with Crippen LogP contribution in [0.4, 0.5) is 0 Å². The van der Waals surface area contributed by atoms with E-state index in [9.17, 15) is 18.0 Å². The first kappa shape index (κ1) is 16.9. The van der Waals surface area contributed by atoms with E-state index in [0.717, 1.165) is 0 Å². The predicted octanol–water partition coefficient (Wildman–Crippen LogP) is -1.48. The minimum atomic E-state index is -3.31. The Labute approximate surface area is 140 Å². The molecule has 0 unspecified atom stereocenters. The van der Waals surface area contributed by atoms with Crippen LogP contribution < -0.4 is 0 Å². The fourth-order valence-corrected chi connectivity index (χ4v) is 5.43. The van der Waals surface area contributed by atoms with Gasteiger partial charge in [0.2, 0.25) is 5.91 Å². The molecule has 3 heterocycles. The SMILES string of the molecule is COCC(=O)N1CCN(C(=O)c2ccnn2C)[C@H]2CS(=O)(=O)C[C@H]21. The third-order valence-corrected chi connectivity index (χ3v) is 6.26. The summed E-state index contributed by atoms with van der Waals surface area (Å²) in [7, 11) is -0.226. The van der Waals surface area contributed by atoms with Crippen molar-refractivity contribution in [2.75, 3.05) is 38.3 Å². The smallest absolute Gasteiger partial charge is 0.272 e. The number of fused-ring (bicyclic) bond motifs is 1. The molecule has 2 amide bonds. The molecule has 9 nitrogen and oxygen atoms in total. The molecule has 1 aromatic rings. The third kappa shape index (κ3) is 2.91. The van der Waals surface area contributed by atoms with Gasteiger partial charge >= 0.3 is 0 Å². The van der Waals surface area contributed by atoms with Gasteiger partial charge in [-0.1, -0.05) is 0 Å². The van der Waals surface area contributed by atoms with E-state index in [1.807, 2.05) is 0 Å². The number of hydrogen-bond donors (Lipinski definition) is 0. The Kier molecular flexibility index (Phi) is 4.35. The van der Waals surface area contributed by atoms with Crippen molar-refractivity contribution in [1.29, 1.82) is 0 Å². The van der Waals surface area contributed by atoms with Crippen molar-refractivity contribution in [2.24, 2.45) is 7.05 Å². The molecule has 0 radical (unpaired) electrons. The van der Waals surface area contributed by atoms with Gasteiger partial charge in [0.1, 0.15) is 12.3 Å². The zero-order valence-corrected chi connectivity index (χ0v) is 14.4. The molecule has 10 heteroatoms. The molecule has 1 aromatic heterocycles. The maximum absolute atomic E-state index is 12.8. The van der Waals surface area contributed by atoms with E-state index in [4.69, 9.17) is 4.74 Å². The van der Waals surface area contributed by atoms with Gasteiger partial charge in [0.25, 0.3) is 5.91 Å². The molecule has 2 saturated heterocycles. The van der Waals surface area contributed by atoms with Gasteiger partial charge in [0, 0.05) is 33.4 Å². The second-order valence-electron chi connectivity index (χ2n) is 6.07. The lowest BCUT2D eigenvalue weighted by Crippen LogP contribution is -2.62. The highest BCUT2D eigenvalue weighted by molar-refractivity contribution is 7.91. The zero-order chi connectivity index (χ0) is 17.5. The third-order valence-electron chi connectivity index (χ3n) is 4.57. The number of methoxy groups -OCH3 is 1. The number of carbonyl (C=O) groups excluding carboxylic acids is 2. The summed E-state index contributed by atoms with van der Waals surface area (Å²) in [5.41, 5.74) is 0.398. The molecule has 2 aliphatic heterocycles. The average Bonchev–Trinajstić information content (AvgIpc) is 3.07. The number of aromatic nitrogens is 2.